The molecule has 0 spiro atoms. The Morgan fingerprint density at radius 2 is 2.10 bits per heavy atom. The number of nitriles is 1. The van der Waals surface area contributed by atoms with E-state index in [0.717, 1.165) is 0 Å². The smallest absolute Gasteiger partial charge is 0.242 e. The molecule has 0 heterocycles. The number of likely N-dealkylation sites (N-methyl/N-ethyl adjacent to an activating group) is 1. The van der Waals surface area contributed by atoms with Crippen molar-refractivity contribution in [1.29, 1.82) is 5.26 Å². The summed E-state index contributed by atoms with van der Waals surface area (Å²) >= 11 is 0. The minimum absolute atomic E-state index is 0.00343. The third-order valence-electron chi connectivity index (χ3n) is 3.07. The molecule has 1 aromatic rings. The Morgan fingerprint density at radius 3 is 2.60 bits per heavy atom. The third kappa shape index (κ3) is 4.20. The molecule has 0 amide bonds. The standard InChI is InChI=1S/C13H20N4O2S/c1-10(2)17(3)7-6-16-20(18,19)13-5-4-11(9-14)8-12(13)15/h4-5,8,10,16H,6-7,15H2,1-3H3. The van der Waals surface area contributed by atoms with Crippen LogP contribution in [0.3, 0.4) is 0 Å². The number of nitrogens with zero attached hydrogens (tertiary/aromatic N) is 2. The molecule has 20 heavy (non-hydrogen) atoms. The molecular formula is C13H20N4O2S. The average molecular weight is 296 g/mol. The highest BCUT2D eigenvalue weighted by molar-refractivity contribution is 7.89. The lowest BCUT2D eigenvalue weighted by molar-refractivity contribution is 0.278. The lowest BCUT2D eigenvalue weighted by atomic mass is 10.2. The third-order valence-corrected chi connectivity index (χ3v) is 4.60. The SMILES string of the molecule is CC(C)N(C)CCNS(=O)(=O)c1ccc(C#N)cc1N. The summed E-state index contributed by atoms with van der Waals surface area (Å²) in [5, 5.41) is 8.73. The van der Waals surface area contributed by atoms with Gasteiger partial charge in [0.25, 0.3) is 0 Å². The molecule has 0 aliphatic heterocycles. The number of benzene rings is 1. The molecule has 1 aromatic carbocycles. The maximum absolute atomic E-state index is 12.1. The number of anilines is 1. The maximum atomic E-state index is 12.1. The first-order valence-electron chi connectivity index (χ1n) is 6.27. The van der Waals surface area contributed by atoms with E-state index in [9.17, 15) is 8.42 Å². The number of nitrogens with one attached hydrogen (secondary N) is 1. The first kappa shape index (κ1) is 16.4. The Labute approximate surface area is 120 Å². The lowest BCUT2D eigenvalue weighted by Crippen LogP contribution is -2.36. The Balaban J connectivity index is 2.77. The fourth-order valence-corrected chi connectivity index (χ4v) is 2.69. The molecule has 7 heteroatoms. The van der Waals surface area contributed by atoms with Crippen molar-refractivity contribution in [3.05, 3.63) is 23.8 Å². The van der Waals surface area contributed by atoms with Gasteiger partial charge in [0.2, 0.25) is 10.0 Å². The van der Waals surface area contributed by atoms with Crippen LogP contribution in [0.1, 0.15) is 19.4 Å². The van der Waals surface area contributed by atoms with Crippen LogP contribution in [0.2, 0.25) is 0 Å². The summed E-state index contributed by atoms with van der Waals surface area (Å²) in [6, 6.07) is 6.40. The summed E-state index contributed by atoms with van der Waals surface area (Å²) in [6.45, 7) is 4.98. The Bertz CT molecular complexity index is 605. The Kier molecular flexibility index (Phi) is 5.51. The topological polar surface area (TPSA) is 99.2 Å². The van der Waals surface area contributed by atoms with E-state index in [-0.39, 0.29) is 10.6 Å². The highest BCUT2D eigenvalue weighted by Gasteiger charge is 2.17. The van der Waals surface area contributed by atoms with Gasteiger partial charge in [-0.1, -0.05) is 0 Å². The number of sulfonamides is 1. The van der Waals surface area contributed by atoms with Crippen LogP contribution in [-0.4, -0.2) is 39.5 Å². The van der Waals surface area contributed by atoms with E-state index < -0.39 is 10.0 Å². The van der Waals surface area contributed by atoms with Crippen molar-refractivity contribution < 1.29 is 8.42 Å². The first-order chi connectivity index (χ1) is 9.27. The molecule has 0 atom stereocenters. The van der Waals surface area contributed by atoms with Gasteiger partial charge in [-0.3, -0.25) is 0 Å². The number of nitrogens with two attached hydrogens (primary N) is 1. The summed E-state index contributed by atoms with van der Waals surface area (Å²) < 4.78 is 26.7. The largest absolute Gasteiger partial charge is 0.398 e. The van der Waals surface area contributed by atoms with Crippen molar-refractivity contribution in [3.8, 4) is 6.07 Å². The number of hydrogen-bond donors (Lipinski definition) is 2. The van der Waals surface area contributed by atoms with Crippen LogP contribution in [-0.2, 0) is 10.0 Å². The van der Waals surface area contributed by atoms with Crippen LogP contribution in [0, 0.1) is 11.3 Å². The van der Waals surface area contributed by atoms with E-state index in [4.69, 9.17) is 11.0 Å². The average Bonchev–Trinajstić information content (AvgIpc) is 2.37. The molecule has 0 fully saturated rings. The van der Waals surface area contributed by atoms with Crippen molar-refractivity contribution in [3.63, 3.8) is 0 Å². The quantitative estimate of drug-likeness (QED) is 0.755. The van der Waals surface area contributed by atoms with E-state index >= 15 is 0 Å². The van der Waals surface area contributed by atoms with Gasteiger partial charge in [0.05, 0.1) is 17.3 Å². The van der Waals surface area contributed by atoms with Crippen LogP contribution in [0.5, 0.6) is 0 Å². The summed E-state index contributed by atoms with van der Waals surface area (Å²) in [4.78, 5) is 2.04. The monoisotopic (exact) mass is 296 g/mol. The predicted molar refractivity (Wildman–Crippen MR) is 78.5 cm³/mol. The number of hydrogen-bond acceptors (Lipinski definition) is 5. The Hall–Kier alpha value is -1.62. The zero-order valence-corrected chi connectivity index (χ0v) is 12.7. The minimum Gasteiger partial charge on any atom is -0.398 e. The summed E-state index contributed by atoms with van der Waals surface area (Å²) in [5.41, 5.74) is 6.09. The molecule has 0 radical (unpaired) electrons. The van der Waals surface area contributed by atoms with Crippen molar-refractivity contribution in [1.82, 2.24) is 9.62 Å². The van der Waals surface area contributed by atoms with Gasteiger partial charge in [0, 0.05) is 19.1 Å². The van der Waals surface area contributed by atoms with Gasteiger partial charge in [0.15, 0.2) is 0 Å². The number of rotatable bonds is 6. The van der Waals surface area contributed by atoms with Gasteiger partial charge in [-0.2, -0.15) is 5.26 Å². The van der Waals surface area contributed by atoms with Crippen LogP contribution in [0.4, 0.5) is 5.69 Å². The van der Waals surface area contributed by atoms with Gasteiger partial charge in [0.1, 0.15) is 4.90 Å². The van der Waals surface area contributed by atoms with Crippen molar-refractivity contribution in [2.75, 3.05) is 25.9 Å². The lowest BCUT2D eigenvalue weighted by Gasteiger charge is -2.21. The van der Waals surface area contributed by atoms with Crippen LogP contribution in [0.25, 0.3) is 0 Å². The van der Waals surface area contributed by atoms with Crippen molar-refractivity contribution in [2.24, 2.45) is 0 Å². The number of nitrogen functional groups attached to an aromatic ring is 1. The highest BCUT2D eigenvalue weighted by Crippen LogP contribution is 2.19. The minimum atomic E-state index is -3.65. The molecule has 0 aliphatic carbocycles. The van der Waals surface area contributed by atoms with E-state index in [1.807, 2.05) is 31.9 Å². The fourth-order valence-electron chi connectivity index (χ4n) is 1.56. The predicted octanol–water partition coefficient (Wildman–Crippen LogP) is 0.759. The van der Waals surface area contributed by atoms with Crippen molar-refractivity contribution >= 4 is 15.7 Å². The molecule has 0 aliphatic rings. The van der Waals surface area contributed by atoms with Gasteiger partial charge >= 0.3 is 0 Å². The normalized spacial score (nSPS) is 11.8. The molecule has 1 rings (SSSR count). The Morgan fingerprint density at radius 1 is 1.45 bits per heavy atom. The second kappa shape index (κ2) is 6.70. The molecule has 0 saturated heterocycles. The van der Waals surface area contributed by atoms with Gasteiger partial charge in [-0.15, -0.1) is 0 Å². The molecule has 6 nitrogen and oxygen atoms in total. The van der Waals surface area contributed by atoms with E-state index in [0.29, 0.717) is 24.7 Å². The summed E-state index contributed by atoms with van der Waals surface area (Å²) in [5.74, 6) is 0. The van der Waals surface area contributed by atoms with Gasteiger partial charge < -0.3 is 10.6 Å². The highest BCUT2D eigenvalue weighted by atomic mass is 32.2. The molecule has 110 valence electrons. The van der Waals surface area contributed by atoms with E-state index in [1.165, 1.54) is 18.2 Å². The summed E-state index contributed by atoms with van der Waals surface area (Å²) in [6.07, 6.45) is 0. The van der Waals surface area contributed by atoms with Crippen LogP contribution < -0.4 is 10.5 Å². The zero-order valence-electron chi connectivity index (χ0n) is 11.9. The van der Waals surface area contributed by atoms with E-state index in [1.54, 1.807) is 0 Å². The van der Waals surface area contributed by atoms with Crippen LogP contribution >= 0.6 is 0 Å². The van der Waals surface area contributed by atoms with E-state index in [2.05, 4.69) is 4.72 Å². The molecular weight excluding hydrogens is 276 g/mol. The summed E-state index contributed by atoms with van der Waals surface area (Å²) in [7, 11) is -1.72. The van der Waals surface area contributed by atoms with Crippen LogP contribution in [0.15, 0.2) is 23.1 Å². The molecule has 0 unspecified atom stereocenters. The molecule has 0 saturated carbocycles. The zero-order chi connectivity index (χ0) is 15.3. The van der Waals surface area contributed by atoms with Gasteiger partial charge in [-0.05, 0) is 39.1 Å². The molecule has 0 aromatic heterocycles. The molecule has 0 bridgehead atoms. The van der Waals surface area contributed by atoms with Gasteiger partial charge in [-0.25, -0.2) is 13.1 Å². The second-order valence-electron chi connectivity index (χ2n) is 4.84. The fraction of sp³-hybridized carbons (Fsp3) is 0.462. The van der Waals surface area contributed by atoms with Crippen molar-refractivity contribution in [2.45, 2.75) is 24.8 Å². The second-order valence-corrected chi connectivity index (χ2v) is 6.57. The molecule has 3 N–H and O–H groups in total. The maximum Gasteiger partial charge on any atom is 0.242 e. The first-order valence-corrected chi connectivity index (χ1v) is 7.75.